The highest BCUT2D eigenvalue weighted by atomic mass is 19.1. The molecule has 0 atom stereocenters. The van der Waals surface area contributed by atoms with E-state index >= 15 is 0 Å². The molecule has 0 saturated carbocycles. The van der Waals surface area contributed by atoms with Crippen LogP contribution in [0.15, 0.2) is 18.2 Å². The predicted molar refractivity (Wildman–Crippen MR) is 77.6 cm³/mol. The van der Waals surface area contributed by atoms with E-state index in [2.05, 4.69) is 12.2 Å². The molecule has 0 heterocycles. The molecule has 104 valence electrons. The Morgan fingerprint density at radius 3 is 2.42 bits per heavy atom. The maximum Gasteiger partial charge on any atom is 0.147 e. The number of unbranched alkanes of at least 4 members (excludes halogenated alkanes) is 6. The highest BCUT2D eigenvalue weighted by molar-refractivity contribution is 5.48. The number of rotatable bonds is 9. The quantitative estimate of drug-likeness (QED) is 0.645. The zero-order chi connectivity index (χ0) is 13.9. The van der Waals surface area contributed by atoms with Crippen LogP contribution in [0.4, 0.5) is 10.1 Å². The second-order valence-corrected chi connectivity index (χ2v) is 4.85. The molecule has 0 unspecified atom stereocenters. The molecule has 1 aromatic carbocycles. The second kappa shape index (κ2) is 9.38. The van der Waals surface area contributed by atoms with Crippen molar-refractivity contribution in [1.82, 2.24) is 0 Å². The van der Waals surface area contributed by atoms with E-state index in [1.54, 1.807) is 12.1 Å². The topological polar surface area (TPSA) is 35.8 Å². The highest BCUT2D eigenvalue weighted by Crippen LogP contribution is 2.15. The van der Waals surface area contributed by atoms with Crippen molar-refractivity contribution in [2.24, 2.45) is 0 Å². The number of benzene rings is 1. The summed E-state index contributed by atoms with van der Waals surface area (Å²) in [5, 5.41) is 11.7. The fraction of sp³-hybridized carbons (Fsp3) is 0.562. The maximum atomic E-state index is 13.5. The summed E-state index contributed by atoms with van der Waals surface area (Å²) >= 11 is 0. The monoisotopic (exact) mass is 262 g/mol. The Bertz CT molecular complexity index is 410. The average Bonchev–Trinajstić information content (AvgIpc) is 2.43. The summed E-state index contributed by atoms with van der Waals surface area (Å²) in [5.41, 5.74) is 0.851. The first-order valence-electron chi connectivity index (χ1n) is 7.21. The van der Waals surface area contributed by atoms with Gasteiger partial charge in [-0.05, 0) is 24.6 Å². The van der Waals surface area contributed by atoms with E-state index < -0.39 is 0 Å². The van der Waals surface area contributed by atoms with Crippen molar-refractivity contribution in [3.05, 3.63) is 29.6 Å². The van der Waals surface area contributed by atoms with Gasteiger partial charge in [-0.1, -0.05) is 45.4 Å². The predicted octanol–water partition coefficient (Wildman–Crippen LogP) is 4.86. The van der Waals surface area contributed by atoms with Crippen LogP contribution in [-0.2, 0) is 0 Å². The van der Waals surface area contributed by atoms with Crippen LogP contribution in [0.25, 0.3) is 0 Å². The van der Waals surface area contributed by atoms with Gasteiger partial charge in [0.1, 0.15) is 5.82 Å². The first-order valence-corrected chi connectivity index (χ1v) is 7.21. The van der Waals surface area contributed by atoms with Gasteiger partial charge in [0.15, 0.2) is 0 Å². The molecule has 3 heteroatoms. The molecule has 2 nitrogen and oxygen atoms in total. The van der Waals surface area contributed by atoms with E-state index in [-0.39, 0.29) is 5.82 Å². The average molecular weight is 262 g/mol. The summed E-state index contributed by atoms with van der Waals surface area (Å²) in [6.45, 7) is 3.01. The molecule has 0 aliphatic rings. The SMILES string of the molecule is CCCCCCCCCNc1ccc(C#N)cc1F. The summed E-state index contributed by atoms with van der Waals surface area (Å²) in [4.78, 5) is 0. The molecule has 0 spiro atoms. The molecule has 0 aliphatic heterocycles. The summed E-state index contributed by atoms with van der Waals surface area (Å²) in [7, 11) is 0. The molecule has 0 radical (unpaired) electrons. The Kier molecular flexibility index (Phi) is 7.65. The van der Waals surface area contributed by atoms with Crippen LogP contribution in [0.2, 0.25) is 0 Å². The van der Waals surface area contributed by atoms with Gasteiger partial charge in [-0.15, -0.1) is 0 Å². The van der Waals surface area contributed by atoms with Crippen LogP contribution in [0.1, 0.15) is 57.4 Å². The number of hydrogen-bond acceptors (Lipinski definition) is 2. The number of nitrogens with one attached hydrogen (secondary N) is 1. The molecule has 0 amide bonds. The molecule has 0 aromatic heterocycles. The Hall–Kier alpha value is -1.56. The Balaban J connectivity index is 2.14. The van der Waals surface area contributed by atoms with Crippen molar-refractivity contribution in [1.29, 1.82) is 5.26 Å². The molecule has 1 rings (SSSR count). The van der Waals surface area contributed by atoms with Crippen LogP contribution in [0, 0.1) is 17.1 Å². The molecule has 19 heavy (non-hydrogen) atoms. The standard InChI is InChI=1S/C16H23FN2/c1-2-3-4-5-6-7-8-11-19-16-10-9-14(13-18)12-15(16)17/h9-10,12,19H,2-8,11H2,1H3. The van der Waals surface area contributed by atoms with E-state index in [4.69, 9.17) is 5.26 Å². The maximum absolute atomic E-state index is 13.5. The van der Waals surface area contributed by atoms with Crippen LogP contribution in [0.3, 0.4) is 0 Å². The normalized spacial score (nSPS) is 10.2. The minimum atomic E-state index is -0.345. The van der Waals surface area contributed by atoms with Crippen LogP contribution in [0.5, 0.6) is 0 Å². The van der Waals surface area contributed by atoms with E-state index in [0.717, 1.165) is 13.0 Å². The smallest absolute Gasteiger partial charge is 0.147 e. The summed E-state index contributed by atoms with van der Waals surface area (Å²) in [6, 6.07) is 6.47. The third-order valence-electron chi connectivity index (χ3n) is 3.19. The first kappa shape index (κ1) is 15.5. The van der Waals surface area contributed by atoms with Gasteiger partial charge >= 0.3 is 0 Å². The van der Waals surface area contributed by atoms with Crippen LogP contribution < -0.4 is 5.32 Å². The van der Waals surface area contributed by atoms with Gasteiger partial charge < -0.3 is 5.32 Å². The van der Waals surface area contributed by atoms with Gasteiger partial charge in [0.2, 0.25) is 0 Å². The van der Waals surface area contributed by atoms with Gasteiger partial charge in [-0.2, -0.15) is 5.26 Å². The van der Waals surface area contributed by atoms with Gasteiger partial charge in [0.25, 0.3) is 0 Å². The van der Waals surface area contributed by atoms with Crippen molar-refractivity contribution >= 4 is 5.69 Å². The third kappa shape index (κ3) is 6.24. The molecular weight excluding hydrogens is 239 g/mol. The number of nitrogens with zero attached hydrogens (tertiary/aromatic N) is 1. The molecule has 0 fully saturated rings. The zero-order valence-electron chi connectivity index (χ0n) is 11.7. The van der Waals surface area contributed by atoms with Crippen LogP contribution >= 0.6 is 0 Å². The summed E-state index contributed by atoms with van der Waals surface area (Å²) < 4.78 is 13.5. The molecule has 0 bridgehead atoms. The fourth-order valence-electron chi connectivity index (χ4n) is 2.03. The third-order valence-corrected chi connectivity index (χ3v) is 3.19. The lowest BCUT2D eigenvalue weighted by Gasteiger charge is -2.07. The number of halogens is 1. The van der Waals surface area contributed by atoms with Crippen molar-refractivity contribution in [3.8, 4) is 6.07 Å². The van der Waals surface area contributed by atoms with E-state index in [0.29, 0.717) is 11.3 Å². The molecule has 0 saturated heterocycles. The fourth-order valence-corrected chi connectivity index (χ4v) is 2.03. The van der Waals surface area contributed by atoms with Gasteiger partial charge in [-0.25, -0.2) is 4.39 Å². The number of anilines is 1. The molecule has 1 aromatic rings. The van der Waals surface area contributed by atoms with Gasteiger partial charge in [-0.3, -0.25) is 0 Å². The lowest BCUT2D eigenvalue weighted by atomic mass is 10.1. The van der Waals surface area contributed by atoms with E-state index in [1.807, 2.05) is 6.07 Å². The molecule has 0 aliphatic carbocycles. The number of hydrogen-bond donors (Lipinski definition) is 1. The Morgan fingerprint density at radius 1 is 1.11 bits per heavy atom. The first-order chi connectivity index (χ1) is 9.27. The van der Waals surface area contributed by atoms with Crippen molar-refractivity contribution < 1.29 is 4.39 Å². The van der Waals surface area contributed by atoms with Crippen molar-refractivity contribution in [2.45, 2.75) is 51.9 Å². The van der Waals surface area contributed by atoms with Crippen molar-refractivity contribution in [3.63, 3.8) is 0 Å². The highest BCUT2D eigenvalue weighted by Gasteiger charge is 2.02. The molecule has 1 N–H and O–H groups in total. The van der Waals surface area contributed by atoms with Gasteiger partial charge in [0, 0.05) is 6.54 Å². The van der Waals surface area contributed by atoms with Crippen LogP contribution in [-0.4, -0.2) is 6.54 Å². The Labute approximate surface area is 115 Å². The van der Waals surface area contributed by atoms with E-state index in [1.165, 1.54) is 44.6 Å². The zero-order valence-corrected chi connectivity index (χ0v) is 11.7. The summed E-state index contributed by atoms with van der Waals surface area (Å²) in [6.07, 6.45) is 8.75. The van der Waals surface area contributed by atoms with Gasteiger partial charge in [0.05, 0.1) is 17.3 Å². The largest absolute Gasteiger partial charge is 0.383 e. The van der Waals surface area contributed by atoms with Crippen molar-refractivity contribution in [2.75, 3.05) is 11.9 Å². The second-order valence-electron chi connectivity index (χ2n) is 4.85. The lowest BCUT2D eigenvalue weighted by molar-refractivity contribution is 0.594. The minimum absolute atomic E-state index is 0.345. The lowest BCUT2D eigenvalue weighted by Crippen LogP contribution is -2.03. The molecular formula is C16H23FN2. The van der Waals surface area contributed by atoms with E-state index in [9.17, 15) is 4.39 Å². The minimum Gasteiger partial charge on any atom is -0.383 e. The summed E-state index contributed by atoms with van der Waals surface area (Å²) in [5.74, 6) is -0.345. The number of nitriles is 1. The Morgan fingerprint density at radius 2 is 1.79 bits per heavy atom.